The summed E-state index contributed by atoms with van der Waals surface area (Å²) in [6.07, 6.45) is 2.02. The number of hydrogen-bond acceptors (Lipinski definition) is 8. The molecule has 3 aromatic rings. The Balaban J connectivity index is 1.58. The summed E-state index contributed by atoms with van der Waals surface area (Å²) in [7, 11) is 2.98. The van der Waals surface area contributed by atoms with Gasteiger partial charge in [0.15, 0.2) is 35.4 Å². The van der Waals surface area contributed by atoms with Crippen molar-refractivity contribution in [2.45, 2.75) is 38.6 Å². The summed E-state index contributed by atoms with van der Waals surface area (Å²) in [5.74, 6) is 1.19. The number of aromatic nitrogens is 1. The second kappa shape index (κ2) is 13.8. The maximum atomic E-state index is 13.0. The van der Waals surface area contributed by atoms with Crippen molar-refractivity contribution in [2.75, 3.05) is 20.8 Å². The number of benzene rings is 2. The molecule has 0 radical (unpaired) electrons. The number of carbonyl (C=O) groups excluding carboxylic acids is 1. The van der Waals surface area contributed by atoms with Crippen LogP contribution >= 0.6 is 23.2 Å². The summed E-state index contributed by atoms with van der Waals surface area (Å²) < 4.78 is 58.4. The molecule has 1 unspecified atom stereocenters. The summed E-state index contributed by atoms with van der Waals surface area (Å²) in [6, 6.07) is 9.21. The van der Waals surface area contributed by atoms with Gasteiger partial charge in [-0.3, -0.25) is 0 Å². The highest BCUT2D eigenvalue weighted by molar-refractivity contribution is 6.35. The summed E-state index contributed by atoms with van der Waals surface area (Å²) in [6.45, 7) is -2.89. The molecule has 1 aromatic heterocycles. The van der Waals surface area contributed by atoms with Crippen molar-refractivity contribution in [3.05, 3.63) is 80.7 Å². The monoisotopic (exact) mass is 613 g/mol. The van der Waals surface area contributed by atoms with Crippen LogP contribution in [0.4, 0.5) is 13.6 Å². The van der Waals surface area contributed by atoms with Crippen LogP contribution in [0.25, 0.3) is 0 Å². The second-order valence-corrected chi connectivity index (χ2v) is 9.98. The highest BCUT2D eigenvalue weighted by atomic mass is 35.5. The summed E-state index contributed by atoms with van der Waals surface area (Å²) in [5, 5.41) is 11.8. The molecule has 1 heterocycles. The first-order valence-electron chi connectivity index (χ1n) is 12.5. The van der Waals surface area contributed by atoms with E-state index >= 15 is 0 Å². The third-order valence-electron chi connectivity index (χ3n) is 6.22. The highest BCUT2D eigenvalue weighted by Gasteiger charge is 2.27. The van der Waals surface area contributed by atoms with E-state index in [4.69, 9.17) is 46.9 Å². The standard InChI is InChI=1S/C28H27Cl2F2NO8/c1-36-22-7-5-17(9-25(22)37-2)15-39-28(34)41-24(11-19-20(29)12-33(35)13-21(19)30)18-6-8-23(40-27(31)32)26(10-18)38-14-16-3-4-16/h5-10,12-13,16,24,27H,3-4,11,14-15H2,1-2H3. The molecule has 41 heavy (non-hydrogen) atoms. The largest absolute Gasteiger partial charge is 0.619 e. The fraction of sp³-hybridized carbons (Fsp3) is 0.357. The molecule has 0 aliphatic heterocycles. The van der Waals surface area contributed by atoms with E-state index in [-0.39, 0.29) is 34.6 Å². The molecule has 0 spiro atoms. The molecule has 1 atom stereocenters. The van der Waals surface area contributed by atoms with Gasteiger partial charge in [0, 0.05) is 12.0 Å². The molecule has 0 saturated heterocycles. The molecule has 1 aliphatic rings. The van der Waals surface area contributed by atoms with Gasteiger partial charge in [-0.2, -0.15) is 13.5 Å². The summed E-state index contributed by atoms with van der Waals surface area (Å²) in [4.78, 5) is 12.8. The fourth-order valence-corrected chi connectivity index (χ4v) is 4.52. The normalized spacial score (nSPS) is 13.4. The molecule has 0 N–H and O–H groups in total. The van der Waals surface area contributed by atoms with E-state index in [1.165, 1.54) is 32.4 Å². The van der Waals surface area contributed by atoms with Gasteiger partial charge in [0.1, 0.15) is 22.8 Å². The van der Waals surface area contributed by atoms with Crippen molar-refractivity contribution in [3.8, 4) is 23.0 Å². The number of hydrogen-bond donors (Lipinski definition) is 0. The van der Waals surface area contributed by atoms with Gasteiger partial charge < -0.3 is 33.6 Å². The molecule has 0 bridgehead atoms. The third-order valence-corrected chi connectivity index (χ3v) is 6.87. The minimum Gasteiger partial charge on any atom is -0.619 e. The lowest BCUT2D eigenvalue weighted by molar-refractivity contribution is -0.605. The van der Waals surface area contributed by atoms with Gasteiger partial charge in [0.2, 0.25) is 0 Å². The fourth-order valence-electron chi connectivity index (χ4n) is 3.92. The zero-order chi connectivity index (χ0) is 29.5. The quantitative estimate of drug-likeness (QED) is 0.120. The maximum Gasteiger partial charge on any atom is 0.509 e. The zero-order valence-electron chi connectivity index (χ0n) is 22.1. The summed E-state index contributed by atoms with van der Waals surface area (Å²) >= 11 is 12.6. The molecule has 13 heteroatoms. The molecule has 9 nitrogen and oxygen atoms in total. The molecule has 1 saturated carbocycles. The van der Waals surface area contributed by atoms with Gasteiger partial charge >= 0.3 is 12.8 Å². The Bertz CT molecular complexity index is 1350. The van der Waals surface area contributed by atoms with Crippen LogP contribution in [0.5, 0.6) is 23.0 Å². The molecule has 2 aromatic carbocycles. The average Bonchev–Trinajstić information content (AvgIpc) is 3.76. The first-order valence-corrected chi connectivity index (χ1v) is 13.2. The first kappa shape index (κ1) is 30.3. The minimum atomic E-state index is -3.07. The Kier molecular flexibility index (Phi) is 10.2. The second-order valence-electron chi connectivity index (χ2n) is 9.17. The van der Waals surface area contributed by atoms with Gasteiger partial charge in [0.25, 0.3) is 0 Å². The number of rotatable bonds is 13. The van der Waals surface area contributed by atoms with Crippen LogP contribution in [0.3, 0.4) is 0 Å². The van der Waals surface area contributed by atoms with Crippen molar-refractivity contribution in [1.29, 1.82) is 0 Å². The Morgan fingerprint density at radius 3 is 2.32 bits per heavy atom. The highest BCUT2D eigenvalue weighted by Crippen LogP contribution is 2.38. The van der Waals surface area contributed by atoms with Crippen LogP contribution in [-0.4, -0.2) is 33.6 Å². The predicted molar refractivity (Wildman–Crippen MR) is 144 cm³/mol. The Morgan fingerprint density at radius 2 is 1.68 bits per heavy atom. The first-order chi connectivity index (χ1) is 19.7. The number of ether oxygens (including phenoxy) is 6. The van der Waals surface area contributed by atoms with Crippen LogP contribution in [0.2, 0.25) is 10.0 Å². The van der Waals surface area contributed by atoms with E-state index in [1.54, 1.807) is 18.2 Å². The van der Waals surface area contributed by atoms with E-state index in [9.17, 15) is 18.8 Å². The van der Waals surface area contributed by atoms with Gasteiger partial charge in [-0.1, -0.05) is 35.3 Å². The molecule has 1 aliphatic carbocycles. The van der Waals surface area contributed by atoms with Crippen molar-refractivity contribution in [1.82, 2.24) is 0 Å². The molecule has 1 fully saturated rings. The number of nitrogens with zero attached hydrogens (tertiary/aromatic N) is 1. The van der Waals surface area contributed by atoms with Crippen molar-refractivity contribution in [3.63, 3.8) is 0 Å². The van der Waals surface area contributed by atoms with Crippen LogP contribution in [0, 0.1) is 11.1 Å². The number of carbonyl (C=O) groups is 1. The third kappa shape index (κ3) is 8.40. The zero-order valence-corrected chi connectivity index (χ0v) is 23.6. The maximum absolute atomic E-state index is 13.0. The van der Waals surface area contributed by atoms with Crippen LogP contribution in [0.15, 0.2) is 48.8 Å². The lowest BCUT2D eigenvalue weighted by Gasteiger charge is -2.21. The smallest absolute Gasteiger partial charge is 0.509 e. The molecular weight excluding hydrogens is 587 g/mol. The Hall–Kier alpha value is -3.70. The summed E-state index contributed by atoms with van der Waals surface area (Å²) in [5.41, 5.74) is 1.30. The number of methoxy groups -OCH3 is 2. The topological polar surface area (TPSA) is 99.4 Å². The molecule has 220 valence electrons. The minimum absolute atomic E-state index is 0.0441. The number of halogens is 4. The molecule has 4 rings (SSSR count). The van der Waals surface area contributed by atoms with Crippen molar-refractivity contribution in [2.24, 2.45) is 5.92 Å². The lowest BCUT2D eigenvalue weighted by Crippen LogP contribution is -2.25. The van der Waals surface area contributed by atoms with Gasteiger partial charge in [-0.15, -0.1) is 0 Å². The Labute approximate surface area is 245 Å². The van der Waals surface area contributed by atoms with Gasteiger partial charge in [-0.05, 0) is 54.2 Å². The lowest BCUT2D eigenvalue weighted by atomic mass is 10.0. The van der Waals surface area contributed by atoms with Crippen molar-refractivity contribution >= 4 is 29.4 Å². The van der Waals surface area contributed by atoms with Crippen LogP contribution in [0.1, 0.15) is 35.6 Å². The SMILES string of the molecule is COc1ccc(COC(=O)OC(Cc2c(Cl)c[n+]([O-])cc2Cl)c2ccc(OC(F)F)c(OCC3CC3)c2)cc1OC. The van der Waals surface area contributed by atoms with Crippen LogP contribution < -0.4 is 23.7 Å². The average molecular weight is 614 g/mol. The van der Waals surface area contributed by atoms with Gasteiger partial charge in [-0.25, -0.2) is 4.79 Å². The van der Waals surface area contributed by atoms with E-state index in [0.29, 0.717) is 45.4 Å². The number of pyridine rings is 1. The van der Waals surface area contributed by atoms with Crippen molar-refractivity contribution < 1.29 is 46.7 Å². The Morgan fingerprint density at radius 1 is 1.00 bits per heavy atom. The molecular formula is C28H27Cl2F2NO8. The van der Waals surface area contributed by atoms with Crippen LogP contribution in [-0.2, 0) is 22.5 Å². The van der Waals surface area contributed by atoms with E-state index in [1.807, 2.05) is 0 Å². The molecule has 0 amide bonds. The predicted octanol–water partition coefficient (Wildman–Crippen LogP) is 6.67. The van der Waals surface area contributed by atoms with E-state index < -0.39 is 18.9 Å². The number of alkyl halides is 2. The van der Waals surface area contributed by atoms with Gasteiger partial charge in [0.05, 0.1) is 20.8 Å². The van der Waals surface area contributed by atoms with E-state index in [0.717, 1.165) is 25.2 Å². The van der Waals surface area contributed by atoms with E-state index in [2.05, 4.69) is 4.74 Å².